The Morgan fingerprint density at radius 3 is 2.62 bits per heavy atom. The minimum Gasteiger partial charge on any atom is -0.363 e. The molecule has 0 aromatic carbocycles. The molecule has 0 radical (unpaired) electrons. The van der Waals surface area contributed by atoms with Gasteiger partial charge >= 0.3 is 0 Å². The van der Waals surface area contributed by atoms with Gasteiger partial charge in [-0.05, 0) is 36.9 Å². The van der Waals surface area contributed by atoms with E-state index in [0.717, 1.165) is 29.9 Å². The summed E-state index contributed by atoms with van der Waals surface area (Å²) < 4.78 is 0. The molecule has 0 aliphatic heterocycles. The Morgan fingerprint density at radius 1 is 1.46 bits per heavy atom. The normalized spacial score (nSPS) is 32.1. The Bertz CT molecular complexity index is 182. The van der Waals surface area contributed by atoms with Crippen molar-refractivity contribution in [1.82, 2.24) is 10.6 Å². The van der Waals surface area contributed by atoms with E-state index in [1.807, 2.05) is 0 Å². The van der Waals surface area contributed by atoms with Gasteiger partial charge in [0.25, 0.3) is 0 Å². The monoisotopic (exact) mass is 200 g/mol. The minimum atomic E-state index is 0.604. The van der Waals surface area contributed by atoms with Crippen LogP contribution in [0.4, 0.5) is 0 Å². The van der Waals surface area contributed by atoms with Crippen LogP contribution in [0.3, 0.4) is 0 Å². The van der Waals surface area contributed by atoms with Gasteiger partial charge < -0.3 is 10.6 Å². The minimum absolute atomic E-state index is 0.604. The Hall–Kier alpha value is -0.310. The summed E-state index contributed by atoms with van der Waals surface area (Å²) in [4.78, 5) is 0. The Labute approximate surface area is 86.5 Å². The molecule has 0 aromatic heterocycles. The Morgan fingerprint density at radius 2 is 2.15 bits per heavy atom. The van der Waals surface area contributed by atoms with Crippen molar-refractivity contribution < 1.29 is 0 Å². The molecule has 3 atom stereocenters. The third-order valence-electron chi connectivity index (χ3n) is 3.01. The number of hydrogen-bond acceptors (Lipinski definition) is 1. The molecule has 1 fully saturated rings. The first-order valence-electron chi connectivity index (χ1n) is 5.19. The first-order chi connectivity index (χ1) is 6.15. The zero-order valence-electron chi connectivity index (χ0n) is 8.76. The van der Waals surface area contributed by atoms with E-state index in [1.54, 1.807) is 0 Å². The van der Waals surface area contributed by atoms with Crippen LogP contribution in [0.5, 0.6) is 0 Å². The standard InChI is InChI=1S/C10H20N2S/c1-4-5-11-10(13)12-9-6-7(2)8(9)3/h7-9H,4-6H2,1-3H3,(H2,11,12,13). The summed E-state index contributed by atoms with van der Waals surface area (Å²) >= 11 is 5.17. The lowest BCUT2D eigenvalue weighted by Crippen LogP contribution is -2.53. The summed E-state index contributed by atoms with van der Waals surface area (Å²) in [7, 11) is 0. The largest absolute Gasteiger partial charge is 0.363 e. The van der Waals surface area contributed by atoms with Gasteiger partial charge in [0.15, 0.2) is 5.11 Å². The van der Waals surface area contributed by atoms with Gasteiger partial charge in [0.05, 0.1) is 0 Å². The summed E-state index contributed by atoms with van der Waals surface area (Å²) in [5, 5.41) is 7.36. The third-order valence-corrected chi connectivity index (χ3v) is 3.27. The molecule has 0 aromatic rings. The highest BCUT2D eigenvalue weighted by Gasteiger charge is 2.34. The van der Waals surface area contributed by atoms with Crippen LogP contribution in [0.15, 0.2) is 0 Å². The van der Waals surface area contributed by atoms with Crippen LogP contribution in [0.1, 0.15) is 33.6 Å². The average Bonchev–Trinajstić information content (AvgIpc) is 2.13. The molecule has 0 heterocycles. The first kappa shape index (κ1) is 10.8. The first-order valence-corrected chi connectivity index (χ1v) is 5.60. The van der Waals surface area contributed by atoms with Crippen molar-refractivity contribution in [1.29, 1.82) is 0 Å². The van der Waals surface area contributed by atoms with E-state index in [2.05, 4.69) is 31.4 Å². The maximum atomic E-state index is 5.17. The average molecular weight is 200 g/mol. The van der Waals surface area contributed by atoms with Crippen molar-refractivity contribution in [3.8, 4) is 0 Å². The summed E-state index contributed by atoms with van der Waals surface area (Å²) in [6.45, 7) is 7.70. The van der Waals surface area contributed by atoms with Crippen LogP contribution >= 0.6 is 12.2 Å². The molecule has 2 nitrogen and oxygen atoms in total. The lowest BCUT2D eigenvalue weighted by atomic mass is 9.71. The highest BCUT2D eigenvalue weighted by molar-refractivity contribution is 7.80. The molecule has 1 rings (SSSR count). The molecule has 0 amide bonds. The Balaban J connectivity index is 2.15. The smallest absolute Gasteiger partial charge is 0.166 e. The maximum Gasteiger partial charge on any atom is 0.166 e. The van der Waals surface area contributed by atoms with Crippen LogP contribution in [-0.2, 0) is 0 Å². The fourth-order valence-corrected chi connectivity index (χ4v) is 1.93. The van der Waals surface area contributed by atoms with Gasteiger partial charge in [-0.25, -0.2) is 0 Å². The van der Waals surface area contributed by atoms with E-state index in [0.29, 0.717) is 6.04 Å². The zero-order valence-corrected chi connectivity index (χ0v) is 9.58. The molecule has 13 heavy (non-hydrogen) atoms. The quantitative estimate of drug-likeness (QED) is 0.681. The second kappa shape index (κ2) is 4.80. The second-order valence-corrected chi connectivity index (χ2v) is 4.49. The molecule has 3 heteroatoms. The van der Waals surface area contributed by atoms with Crippen molar-refractivity contribution in [3.63, 3.8) is 0 Å². The van der Waals surface area contributed by atoms with Gasteiger partial charge in [-0.3, -0.25) is 0 Å². The molecule has 2 N–H and O–H groups in total. The Kier molecular flexibility index (Phi) is 3.97. The molecule has 0 saturated heterocycles. The van der Waals surface area contributed by atoms with Gasteiger partial charge in [-0.1, -0.05) is 20.8 Å². The number of nitrogens with one attached hydrogen (secondary N) is 2. The number of thiocarbonyl (C=S) groups is 1. The molecular weight excluding hydrogens is 180 g/mol. The molecular formula is C10H20N2S. The molecule has 0 spiro atoms. The SMILES string of the molecule is CCCNC(=S)NC1CC(C)C1C. The second-order valence-electron chi connectivity index (χ2n) is 4.08. The van der Waals surface area contributed by atoms with E-state index in [4.69, 9.17) is 12.2 Å². The lowest BCUT2D eigenvalue weighted by Gasteiger charge is -2.41. The van der Waals surface area contributed by atoms with E-state index in [1.165, 1.54) is 6.42 Å². The van der Waals surface area contributed by atoms with Gasteiger partial charge in [0, 0.05) is 12.6 Å². The third kappa shape index (κ3) is 2.83. The van der Waals surface area contributed by atoms with Crippen LogP contribution in [-0.4, -0.2) is 17.7 Å². The van der Waals surface area contributed by atoms with Crippen molar-refractivity contribution in [2.24, 2.45) is 11.8 Å². The van der Waals surface area contributed by atoms with E-state index < -0.39 is 0 Å². The van der Waals surface area contributed by atoms with Crippen LogP contribution in [0.25, 0.3) is 0 Å². The number of hydrogen-bond donors (Lipinski definition) is 2. The summed E-state index contributed by atoms with van der Waals surface area (Å²) in [6, 6.07) is 0.604. The highest BCUT2D eigenvalue weighted by atomic mass is 32.1. The van der Waals surface area contributed by atoms with Crippen LogP contribution in [0, 0.1) is 11.8 Å². The van der Waals surface area contributed by atoms with Crippen LogP contribution < -0.4 is 10.6 Å². The predicted octanol–water partition coefficient (Wildman–Crippen LogP) is 1.91. The summed E-state index contributed by atoms with van der Waals surface area (Å²) in [5.41, 5.74) is 0. The number of rotatable bonds is 3. The molecule has 1 aliphatic carbocycles. The van der Waals surface area contributed by atoms with Crippen molar-refractivity contribution >= 4 is 17.3 Å². The topological polar surface area (TPSA) is 24.1 Å². The molecule has 1 saturated carbocycles. The van der Waals surface area contributed by atoms with Gasteiger partial charge in [0.2, 0.25) is 0 Å². The van der Waals surface area contributed by atoms with Gasteiger partial charge in [0.1, 0.15) is 0 Å². The highest BCUT2D eigenvalue weighted by Crippen LogP contribution is 2.33. The van der Waals surface area contributed by atoms with E-state index >= 15 is 0 Å². The maximum absolute atomic E-state index is 5.17. The van der Waals surface area contributed by atoms with E-state index in [9.17, 15) is 0 Å². The summed E-state index contributed by atoms with van der Waals surface area (Å²) in [5.74, 6) is 1.62. The predicted molar refractivity (Wildman–Crippen MR) is 60.8 cm³/mol. The van der Waals surface area contributed by atoms with Gasteiger partial charge in [-0.15, -0.1) is 0 Å². The van der Waals surface area contributed by atoms with Gasteiger partial charge in [-0.2, -0.15) is 0 Å². The lowest BCUT2D eigenvalue weighted by molar-refractivity contribution is 0.155. The van der Waals surface area contributed by atoms with Crippen molar-refractivity contribution in [2.45, 2.75) is 39.7 Å². The zero-order chi connectivity index (χ0) is 9.84. The van der Waals surface area contributed by atoms with Crippen molar-refractivity contribution in [3.05, 3.63) is 0 Å². The van der Waals surface area contributed by atoms with E-state index in [-0.39, 0.29) is 0 Å². The molecule has 76 valence electrons. The van der Waals surface area contributed by atoms with Crippen molar-refractivity contribution in [2.75, 3.05) is 6.54 Å². The fourth-order valence-electron chi connectivity index (χ4n) is 1.68. The molecule has 3 unspecified atom stereocenters. The molecule has 1 aliphatic rings. The fraction of sp³-hybridized carbons (Fsp3) is 0.900. The molecule has 0 bridgehead atoms. The summed E-state index contributed by atoms with van der Waals surface area (Å²) in [6.07, 6.45) is 2.38. The van der Waals surface area contributed by atoms with Crippen LogP contribution in [0.2, 0.25) is 0 Å².